The number of nitrogens with zero attached hydrogens (tertiary/aromatic N) is 3. The summed E-state index contributed by atoms with van der Waals surface area (Å²) >= 11 is 8.05. The van der Waals surface area contributed by atoms with Gasteiger partial charge in [-0.2, -0.15) is 0 Å². The Labute approximate surface area is 241 Å². The first-order chi connectivity index (χ1) is 19.0. The number of amides is 1. The fourth-order valence-electron chi connectivity index (χ4n) is 4.09. The summed E-state index contributed by atoms with van der Waals surface area (Å²) in [7, 11) is 3.05. The van der Waals surface area contributed by atoms with Crippen molar-refractivity contribution in [2.75, 3.05) is 25.8 Å². The van der Waals surface area contributed by atoms with Crippen molar-refractivity contribution >= 4 is 46.2 Å². The van der Waals surface area contributed by atoms with E-state index in [0.29, 0.717) is 62.5 Å². The van der Waals surface area contributed by atoms with E-state index in [9.17, 15) is 9.59 Å². The van der Waals surface area contributed by atoms with Crippen molar-refractivity contribution in [3.8, 4) is 22.6 Å². The molecule has 40 heavy (non-hydrogen) atoms. The number of halogens is 1. The Morgan fingerprint density at radius 3 is 2.42 bits per heavy atom. The first-order valence-electron chi connectivity index (χ1n) is 12.5. The Hall–Kier alpha value is -3.76. The predicted octanol–water partition coefficient (Wildman–Crippen LogP) is 6.44. The third kappa shape index (κ3) is 6.68. The maximum Gasteiger partial charge on any atom is 0.412 e. The Bertz CT molecular complexity index is 1600. The Balaban J connectivity index is 1.70. The average Bonchev–Trinajstić information content (AvgIpc) is 2.92. The summed E-state index contributed by atoms with van der Waals surface area (Å²) in [5.41, 5.74) is 2.15. The molecule has 4 rings (SSSR count). The lowest BCUT2D eigenvalue weighted by Crippen LogP contribution is -2.27. The van der Waals surface area contributed by atoms with Gasteiger partial charge in [0.15, 0.2) is 5.16 Å². The molecule has 0 saturated carbocycles. The van der Waals surface area contributed by atoms with Gasteiger partial charge in [-0.25, -0.2) is 14.8 Å². The first kappa shape index (κ1) is 29.2. The maximum absolute atomic E-state index is 13.9. The summed E-state index contributed by atoms with van der Waals surface area (Å²) in [6, 6.07) is 12.5. The molecule has 210 valence electrons. The average molecular weight is 583 g/mol. The van der Waals surface area contributed by atoms with Crippen LogP contribution in [0.3, 0.4) is 0 Å². The van der Waals surface area contributed by atoms with Crippen LogP contribution in [0.15, 0.2) is 58.6 Å². The zero-order valence-electron chi connectivity index (χ0n) is 23.2. The predicted molar refractivity (Wildman–Crippen MR) is 159 cm³/mol. The number of carbonyl (C=O) groups is 1. The van der Waals surface area contributed by atoms with Gasteiger partial charge in [0.2, 0.25) is 0 Å². The van der Waals surface area contributed by atoms with E-state index in [0.717, 1.165) is 5.56 Å². The van der Waals surface area contributed by atoms with Crippen molar-refractivity contribution in [3.63, 3.8) is 0 Å². The topological polar surface area (TPSA) is 105 Å². The molecule has 2 aromatic carbocycles. The summed E-state index contributed by atoms with van der Waals surface area (Å²) in [6.07, 6.45) is 3.61. The molecular formula is C29H31ClN4O5S. The van der Waals surface area contributed by atoms with Gasteiger partial charge in [0.05, 0.1) is 19.2 Å². The zero-order valence-corrected chi connectivity index (χ0v) is 24.8. The van der Waals surface area contributed by atoms with E-state index >= 15 is 0 Å². The SMILES string of the molecule is COc1cc(OC)c(Cl)c(-c2cc3cnc(SC)nc3n(CCc3ccc(NC(=O)OC(C)(C)C)cc3)c2=O)c1. The van der Waals surface area contributed by atoms with Gasteiger partial charge in [-0.15, -0.1) is 0 Å². The molecule has 1 N–H and O–H groups in total. The van der Waals surface area contributed by atoms with E-state index in [4.69, 9.17) is 25.8 Å². The Morgan fingerprint density at radius 2 is 1.80 bits per heavy atom. The van der Waals surface area contributed by atoms with E-state index in [-0.39, 0.29) is 5.56 Å². The largest absolute Gasteiger partial charge is 0.497 e. The third-order valence-electron chi connectivity index (χ3n) is 5.97. The molecule has 0 aliphatic rings. The summed E-state index contributed by atoms with van der Waals surface area (Å²) in [4.78, 5) is 35.1. The van der Waals surface area contributed by atoms with Gasteiger partial charge in [-0.05, 0) is 63.3 Å². The van der Waals surface area contributed by atoms with Crippen LogP contribution in [0, 0.1) is 0 Å². The number of hydrogen-bond donors (Lipinski definition) is 1. The van der Waals surface area contributed by atoms with Crippen molar-refractivity contribution in [2.45, 2.75) is 44.5 Å². The molecule has 0 bridgehead atoms. The van der Waals surface area contributed by atoms with Crippen molar-refractivity contribution in [1.82, 2.24) is 14.5 Å². The number of fused-ring (bicyclic) bond motifs is 1. The second-order valence-electron chi connectivity index (χ2n) is 9.92. The van der Waals surface area contributed by atoms with Gasteiger partial charge in [0.25, 0.3) is 5.56 Å². The number of benzene rings is 2. The van der Waals surface area contributed by atoms with E-state index in [1.807, 2.05) is 39.2 Å². The van der Waals surface area contributed by atoms with E-state index in [2.05, 4.69) is 15.3 Å². The lowest BCUT2D eigenvalue weighted by molar-refractivity contribution is 0.0636. The second-order valence-corrected chi connectivity index (χ2v) is 11.1. The normalized spacial score (nSPS) is 11.4. The molecule has 0 spiro atoms. The number of hydrogen-bond acceptors (Lipinski definition) is 8. The molecule has 4 aromatic rings. The Kier molecular flexibility index (Phi) is 8.90. The fourth-order valence-corrected chi connectivity index (χ4v) is 4.72. The minimum atomic E-state index is -0.589. The monoisotopic (exact) mass is 582 g/mol. The van der Waals surface area contributed by atoms with Crippen molar-refractivity contribution < 1.29 is 19.0 Å². The highest BCUT2D eigenvalue weighted by atomic mass is 35.5. The second kappa shape index (κ2) is 12.2. The molecule has 0 unspecified atom stereocenters. The maximum atomic E-state index is 13.9. The number of aryl methyl sites for hydroxylation is 2. The number of methoxy groups -OCH3 is 2. The van der Waals surface area contributed by atoms with E-state index in [1.54, 1.807) is 41.1 Å². The molecule has 9 nitrogen and oxygen atoms in total. The standard InChI is InChI=1S/C29H31ClN4O5S/c1-29(2,3)39-28(36)32-19-9-7-17(8-10-19)11-12-34-25-18(16-31-27(33-25)40-6)13-22(26(34)35)21-14-20(37-4)15-23(38-5)24(21)30/h7-10,13-16H,11-12H2,1-6H3,(H,32,36). The summed E-state index contributed by atoms with van der Waals surface area (Å²) < 4.78 is 17.8. The molecule has 11 heteroatoms. The molecule has 0 aliphatic carbocycles. The number of nitrogens with one attached hydrogen (secondary N) is 1. The van der Waals surface area contributed by atoms with Crippen LogP contribution in [0.5, 0.6) is 11.5 Å². The third-order valence-corrected chi connectivity index (χ3v) is 6.92. The smallest absolute Gasteiger partial charge is 0.412 e. The first-order valence-corrected chi connectivity index (χ1v) is 14.1. The van der Waals surface area contributed by atoms with Gasteiger partial charge in [0.1, 0.15) is 22.7 Å². The van der Waals surface area contributed by atoms with Gasteiger partial charge >= 0.3 is 6.09 Å². The fraction of sp³-hybridized carbons (Fsp3) is 0.310. The number of anilines is 1. The van der Waals surface area contributed by atoms with E-state index in [1.165, 1.54) is 26.0 Å². The van der Waals surface area contributed by atoms with E-state index < -0.39 is 11.7 Å². The number of carbonyl (C=O) groups excluding carboxylic acids is 1. The van der Waals surface area contributed by atoms with Crippen LogP contribution >= 0.6 is 23.4 Å². The van der Waals surface area contributed by atoms with Gasteiger partial charge in [0, 0.05) is 41.0 Å². The van der Waals surface area contributed by atoms with Crippen LogP contribution in [0.2, 0.25) is 5.02 Å². The lowest BCUT2D eigenvalue weighted by atomic mass is 10.0. The molecule has 0 radical (unpaired) electrons. The molecule has 2 aromatic heterocycles. The number of ether oxygens (including phenoxy) is 3. The molecule has 1 amide bonds. The van der Waals surface area contributed by atoms with Crippen molar-refractivity contribution in [1.29, 1.82) is 0 Å². The molecule has 0 fully saturated rings. The zero-order chi connectivity index (χ0) is 29.0. The minimum Gasteiger partial charge on any atom is -0.497 e. The molecule has 0 atom stereocenters. The highest BCUT2D eigenvalue weighted by molar-refractivity contribution is 7.98. The molecule has 2 heterocycles. The highest BCUT2D eigenvalue weighted by Gasteiger charge is 2.19. The van der Waals surface area contributed by atoms with Crippen LogP contribution in [-0.2, 0) is 17.7 Å². The van der Waals surface area contributed by atoms with Crippen LogP contribution in [0.4, 0.5) is 10.5 Å². The Morgan fingerprint density at radius 1 is 1.07 bits per heavy atom. The molecular weight excluding hydrogens is 552 g/mol. The highest BCUT2D eigenvalue weighted by Crippen LogP contribution is 2.38. The van der Waals surface area contributed by atoms with Crippen LogP contribution in [0.25, 0.3) is 22.2 Å². The summed E-state index contributed by atoms with van der Waals surface area (Å²) in [6.45, 7) is 5.78. The summed E-state index contributed by atoms with van der Waals surface area (Å²) in [5.74, 6) is 0.910. The van der Waals surface area contributed by atoms with Crippen molar-refractivity contribution in [2.24, 2.45) is 0 Å². The van der Waals surface area contributed by atoms with Gasteiger partial charge in [-0.3, -0.25) is 14.7 Å². The summed E-state index contributed by atoms with van der Waals surface area (Å²) in [5, 5.41) is 4.29. The van der Waals surface area contributed by atoms with Gasteiger partial charge < -0.3 is 14.2 Å². The molecule has 0 aliphatic heterocycles. The quantitative estimate of drug-likeness (QED) is 0.187. The minimum absolute atomic E-state index is 0.251. The van der Waals surface area contributed by atoms with Crippen molar-refractivity contribution in [3.05, 3.63) is 69.6 Å². The number of rotatable bonds is 8. The van der Waals surface area contributed by atoms with Gasteiger partial charge in [-0.1, -0.05) is 35.5 Å². The number of aromatic nitrogens is 3. The molecule has 0 saturated heterocycles. The lowest BCUT2D eigenvalue weighted by Gasteiger charge is -2.19. The number of pyridine rings is 1. The van der Waals surface area contributed by atoms with Crippen LogP contribution < -0.4 is 20.3 Å². The van der Waals surface area contributed by atoms with Crippen LogP contribution in [0.1, 0.15) is 26.3 Å². The number of thioether (sulfide) groups is 1. The van der Waals surface area contributed by atoms with Crippen LogP contribution in [-0.4, -0.2) is 46.7 Å².